The molecule has 0 amide bonds. The summed E-state index contributed by atoms with van der Waals surface area (Å²) in [5.41, 5.74) is 1.27. The topological polar surface area (TPSA) is 136 Å². The second-order valence-electron chi connectivity index (χ2n) is 8.03. The number of nitrogens with zero attached hydrogens (tertiary/aromatic N) is 4. The predicted molar refractivity (Wildman–Crippen MR) is 127 cm³/mol. The van der Waals surface area contributed by atoms with Gasteiger partial charge in [0.2, 0.25) is 0 Å². The highest BCUT2D eigenvalue weighted by Gasteiger charge is 2.38. The molecule has 0 radical (unpaired) electrons. The van der Waals surface area contributed by atoms with E-state index in [0.717, 1.165) is 11.3 Å². The molecule has 1 aromatic carbocycles. The third-order valence-corrected chi connectivity index (χ3v) is 5.10. The van der Waals surface area contributed by atoms with E-state index in [9.17, 15) is 25.4 Å². The Hall–Kier alpha value is -4.55. The minimum Gasteiger partial charge on any atom is -0.480 e. The van der Waals surface area contributed by atoms with E-state index in [4.69, 9.17) is 14.2 Å². The lowest BCUT2D eigenvalue weighted by Gasteiger charge is -2.24. The van der Waals surface area contributed by atoms with Crippen LogP contribution in [-0.2, 0) is 23.8 Å². The number of ether oxygens (including phenoxy) is 3. The minimum atomic E-state index is -0.889. The number of carbonyl (C=O) groups excluding carboxylic acids is 2. The van der Waals surface area contributed by atoms with E-state index in [1.165, 1.54) is 13.8 Å². The minimum absolute atomic E-state index is 0.00583. The maximum Gasteiger partial charge on any atom is 0.302 e. The molecule has 35 heavy (non-hydrogen) atoms. The summed E-state index contributed by atoms with van der Waals surface area (Å²) in [5, 5.41) is 28.0. The molecule has 0 saturated heterocycles. The van der Waals surface area contributed by atoms with Crippen molar-refractivity contribution < 1.29 is 23.8 Å². The van der Waals surface area contributed by atoms with Crippen LogP contribution >= 0.6 is 0 Å². The second kappa shape index (κ2) is 12.1. The van der Waals surface area contributed by atoms with Crippen LogP contribution in [0.15, 0.2) is 52.8 Å². The Kier molecular flexibility index (Phi) is 9.20. The van der Waals surface area contributed by atoms with Crippen molar-refractivity contribution in [2.24, 2.45) is 0 Å². The fourth-order valence-electron chi connectivity index (χ4n) is 3.43. The van der Waals surface area contributed by atoms with Crippen LogP contribution in [0.3, 0.4) is 0 Å². The number of nitriles is 3. The third-order valence-electron chi connectivity index (χ3n) is 5.10. The smallest absolute Gasteiger partial charge is 0.302 e. The van der Waals surface area contributed by atoms with E-state index in [1.54, 1.807) is 32.1 Å². The lowest BCUT2D eigenvalue weighted by molar-refractivity contribution is -0.141. The number of hydrogen-bond acceptors (Lipinski definition) is 9. The Bertz CT molecular complexity index is 1150. The summed E-state index contributed by atoms with van der Waals surface area (Å²) in [5.74, 6) is -0.747. The highest BCUT2D eigenvalue weighted by atomic mass is 16.5. The third kappa shape index (κ3) is 7.22. The zero-order valence-electron chi connectivity index (χ0n) is 20.1. The first-order valence-electron chi connectivity index (χ1n) is 10.8. The maximum absolute atomic E-state index is 11.1. The molecular weight excluding hydrogens is 448 g/mol. The predicted octanol–water partition coefficient (Wildman–Crippen LogP) is 3.56. The molecule has 2 rings (SSSR count). The van der Waals surface area contributed by atoms with Crippen molar-refractivity contribution in [1.82, 2.24) is 0 Å². The van der Waals surface area contributed by atoms with Gasteiger partial charge in [-0.05, 0) is 31.5 Å². The van der Waals surface area contributed by atoms with Gasteiger partial charge in [0.25, 0.3) is 0 Å². The van der Waals surface area contributed by atoms with Gasteiger partial charge in [-0.2, -0.15) is 15.8 Å². The van der Waals surface area contributed by atoms with Crippen molar-refractivity contribution in [3.05, 3.63) is 58.4 Å². The summed E-state index contributed by atoms with van der Waals surface area (Å²) >= 11 is 0. The molecule has 0 fully saturated rings. The van der Waals surface area contributed by atoms with Gasteiger partial charge >= 0.3 is 11.9 Å². The van der Waals surface area contributed by atoms with Gasteiger partial charge in [-0.1, -0.05) is 24.3 Å². The fourth-order valence-corrected chi connectivity index (χ4v) is 3.43. The molecule has 0 bridgehead atoms. The van der Waals surface area contributed by atoms with Crippen LogP contribution in [0.25, 0.3) is 6.08 Å². The Morgan fingerprint density at radius 3 is 1.97 bits per heavy atom. The van der Waals surface area contributed by atoms with Crippen LogP contribution in [-0.4, -0.2) is 43.8 Å². The molecule has 1 aliphatic heterocycles. The number of benzene rings is 1. The molecule has 0 unspecified atom stereocenters. The van der Waals surface area contributed by atoms with Crippen molar-refractivity contribution >= 4 is 23.7 Å². The van der Waals surface area contributed by atoms with Crippen LogP contribution < -0.4 is 4.90 Å². The van der Waals surface area contributed by atoms with Crippen molar-refractivity contribution in [2.75, 3.05) is 31.2 Å². The number of anilines is 1. The van der Waals surface area contributed by atoms with Gasteiger partial charge in [-0.3, -0.25) is 9.59 Å². The summed E-state index contributed by atoms with van der Waals surface area (Å²) in [4.78, 5) is 24.1. The summed E-state index contributed by atoms with van der Waals surface area (Å²) in [6, 6.07) is 13.1. The van der Waals surface area contributed by atoms with Gasteiger partial charge in [0.15, 0.2) is 11.3 Å². The molecule has 0 spiro atoms. The zero-order chi connectivity index (χ0) is 26.0. The lowest BCUT2D eigenvalue weighted by Crippen LogP contribution is -2.31. The van der Waals surface area contributed by atoms with E-state index in [2.05, 4.69) is 0 Å². The summed E-state index contributed by atoms with van der Waals surface area (Å²) < 4.78 is 15.8. The molecule has 0 N–H and O–H groups in total. The molecule has 0 aliphatic carbocycles. The molecule has 1 aliphatic rings. The number of esters is 2. The molecule has 0 aromatic heterocycles. The number of hydrogen-bond donors (Lipinski definition) is 0. The lowest BCUT2D eigenvalue weighted by atomic mass is 9.94. The van der Waals surface area contributed by atoms with Crippen molar-refractivity contribution in [1.29, 1.82) is 15.8 Å². The average molecular weight is 475 g/mol. The normalized spacial score (nSPS) is 13.9. The van der Waals surface area contributed by atoms with Gasteiger partial charge in [0, 0.05) is 25.1 Å². The van der Waals surface area contributed by atoms with Gasteiger partial charge in [-0.25, -0.2) is 0 Å². The summed E-state index contributed by atoms with van der Waals surface area (Å²) in [7, 11) is 0. The van der Waals surface area contributed by atoms with Crippen molar-refractivity contribution in [2.45, 2.75) is 33.3 Å². The van der Waals surface area contributed by atoms with E-state index in [-0.39, 0.29) is 42.1 Å². The quantitative estimate of drug-likeness (QED) is 0.388. The number of allylic oxidation sites excluding steroid dienone is 2. The molecule has 0 atom stereocenters. The average Bonchev–Trinajstić information content (AvgIpc) is 3.06. The number of rotatable bonds is 9. The monoisotopic (exact) mass is 474 g/mol. The van der Waals surface area contributed by atoms with Gasteiger partial charge in [-0.15, -0.1) is 0 Å². The largest absolute Gasteiger partial charge is 0.480 e. The van der Waals surface area contributed by atoms with Gasteiger partial charge < -0.3 is 19.1 Å². The Balaban J connectivity index is 2.27. The van der Waals surface area contributed by atoms with Crippen molar-refractivity contribution in [3.8, 4) is 18.2 Å². The first-order chi connectivity index (χ1) is 16.6. The number of carbonyl (C=O) groups is 2. The fraction of sp³-hybridized carbons (Fsp3) is 0.346. The Morgan fingerprint density at radius 2 is 1.51 bits per heavy atom. The second-order valence-corrected chi connectivity index (χ2v) is 8.03. The Morgan fingerprint density at radius 1 is 0.971 bits per heavy atom. The zero-order valence-corrected chi connectivity index (χ0v) is 20.1. The van der Waals surface area contributed by atoms with Crippen LogP contribution in [0.4, 0.5) is 5.69 Å². The summed E-state index contributed by atoms with van der Waals surface area (Å²) in [6.45, 7) is 7.45. The molecular formula is C26H26N4O5. The molecule has 9 nitrogen and oxygen atoms in total. The molecule has 0 saturated carbocycles. The van der Waals surface area contributed by atoms with Gasteiger partial charge in [0.05, 0.1) is 13.1 Å². The summed E-state index contributed by atoms with van der Waals surface area (Å²) in [6.07, 6.45) is 3.55. The first-order valence-corrected chi connectivity index (χ1v) is 10.8. The van der Waals surface area contributed by atoms with Crippen molar-refractivity contribution in [3.63, 3.8) is 0 Å². The SMILES string of the molecule is CC(=O)OCCN(CCOC(C)=O)c1ccc(/C=C/C2=C(C#N)C(=C(C#N)C#N)OC2(C)C)cc1. The van der Waals surface area contributed by atoms with Gasteiger partial charge in [0.1, 0.15) is 42.6 Å². The van der Waals surface area contributed by atoms with E-state index >= 15 is 0 Å². The molecule has 180 valence electrons. The maximum atomic E-state index is 11.1. The van der Waals surface area contributed by atoms with Crippen LogP contribution in [0, 0.1) is 34.0 Å². The molecule has 1 heterocycles. The first kappa shape index (κ1) is 26.7. The van der Waals surface area contributed by atoms with E-state index < -0.39 is 5.60 Å². The molecule has 1 aromatic rings. The highest BCUT2D eigenvalue weighted by Crippen LogP contribution is 2.40. The standard InChI is InChI=1S/C26H26N4O5/c1-18(31)33-13-11-30(12-14-34-19(2)32)22-8-5-20(6-9-22)7-10-24-23(17-29)25(21(15-27)16-28)35-26(24,3)4/h5-10H,11-14H2,1-4H3/b10-7+. The van der Waals surface area contributed by atoms with Crippen LogP contribution in [0.1, 0.15) is 33.3 Å². The highest BCUT2D eigenvalue weighted by molar-refractivity contribution is 5.67. The Labute approximate surface area is 204 Å². The van der Waals surface area contributed by atoms with E-state index in [1.807, 2.05) is 41.3 Å². The van der Waals surface area contributed by atoms with Crippen LogP contribution in [0.2, 0.25) is 0 Å². The molecule has 9 heteroatoms. The van der Waals surface area contributed by atoms with E-state index in [0.29, 0.717) is 18.7 Å². The van der Waals surface area contributed by atoms with Crippen LogP contribution in [0.5, 0.6) is 0 Å².